The van der Waals surface area contributed by atoms with Crippen molar-refractivity contribution in [2.45, 2.75) is 0 Å². The Hall–Kier alpha value is -1.71. The first kappa shape index (κ1) is 11.4. The van der Waals surface area contributed by atoms with Gasteiger partial charge in [-0.15, -0.1) is 0 Å². The zero-order valence-corrected chi connectivity index (χ0v) is 10.7. The number of pyridine rings is 1. The van der Waals surface area contributed by atoms with Crippen LogP contribution in [0.4, 0.5) is 0 Å². The van der Waals surface area contributed by atoms with E-state index in [0.29, 0.717) is 5.02 Å². The first-order chi connectivity index (χ1) is 8.66. The third-order valence-corrected chi connectivity index (χ3v) is 3.36. The molecule has 0 atom stereocenters. The topological polar surface area (TPSA) is 37.5 Å². The van der Waals surface area contributed by atoms with E-state index in [1.54, 1.807) is 12.3 Å². The molecule has 0 aliphatic rings. The van der Waals surface area contributed by atoms with E-state index in [1.165, 1.54) is 6.07 Å². The number of halogens is 2. The summed E-state index contributed by atoms with van der Waals surface area (Å²) in [6.07, 6.45) is 3.57. The summed E-state index contributed by atoms with van der Waals surface area (Å²) in [6, 6.07) is 8.81. The summed E-state index contributed by atoms with van der Waals surface area (Å²) in [5.74, 6) is -0.0248. The molecular weight excluding hydrogens is 271 g/mol. The van der Waals surface area contributed by atoms with Gasteiger partial charge < -0.3 is 5.11 Å². The molecular formula is C13H8Cl2N2O. The van der Waals surface area contributed by atoms with E-state index in [9.17, 15) is 5.11 Å². The summed E-state index contributed by atoms with van der Waals surface area (Å²) in [6.45, 7) is 0. The monoisotopic (exact) mass is 278 g/mol. The molecule has 0 saturated carbocycles. The fourth-order valence-corrected chi connectivity index (χ4v) is 2.32. The Morgan fingerprint density at radius 3 is 2.78 bits per heavy atom. The minimum Gasteiger partial charge on any atom is -0.506 e. The SMILES string of the molecule is Oc1cc(Cl)c(-c2cccc3nccn23)cc1Cl. The van der Waals surface area contributed by atoms with Crippen LogP contribution in [0.2, 0.25) is 10.0 Å². The van der Waals surface area contributed by atoms with Gasteiger partial charge in [0.15, 0.2) is 0 Å². The molecule has 0 amide bonds. The quantitative estimate of drug-likeness (QED) is 0.730. The van der Waals surface area contributed by atoms with Crippen LogP contribution >= 0.6 is 23.2 Å². The fraction of sp³-hybridized carbons (Fsp3) is 0. The summed E-state index contributed by atoms with van der Waals surface area (Å²) in [5.41, 5.74) is 2.45. The van der Waals surface area contributed by atoms with Crippen molar-refractivity contribution in [2.75, 3.05) is 0 Å². The number of rotatable bonds is 1. The molecule has 3 aromatic rings. The number of aromatic hydroxyl groups is 1. The van der Waals surface area contributed by atoms with Crippen molar-refractivity contribution < 1.29 is 5.11 Å². The number of benzene rings is 1. The zero-order valence-electron chi connectivity index (χ0n) is 9.14. The van der Waals surface area contributed by atoms with Crippen molar-refractivity contribution >= 4 is 28.8 Å². The average Bonchev–Trinajstić information content (AvgIpc) is 2.82. The third-order valence-electron chi connectivity index (χ3n) is 2.74. The lowest BCUT2D eigenvalue weighted by Crippen LogP contribution is -1.91. The Balaban J connectivity index is 2.32. The molecule has 0 radical (unpaired) electrons. The predicted molar refractivity (Wildman–Crippen MR) is 72.3 cm³/mol. The first-order valence-corrected chi connectivity index (χ1v) is 6.03. The predicted octanol–water partition coefficient (Wildman–Crippen LogP) is 4.01. The van der Waals surface area contributed by atoms with Gasteiger partial charge in [-0.2, -0.15) is 0 Å². The van der Waals surface area contributed by atoms with E-state index in [4.69, 9.17) is 23.2 Å². The minimum absolute atomic E-state index is 0.0248. The summed E-state index contributed by atoms with van der Waals surface area (Å²) >= 11 is 12.1. The lowest BCUT2D eigenvalue weighted by Gasteiger charge is -2.09. The Labute approximate surface area is 113 Å². The lowest BCUT2D eigenvalue weighted by atomic mass is 10.1. The van der Waals surface area contributed by atoms with E-state index in [1.807, 2.05) is 28.8 Å². The van der Waals surface area contributed by atoms with Crippen molar-refractivity contribution in [3.8, 4) is 17.0 Å². The number of hydrogen-bond donors (Lipinski definition) is 1. The van der Waals surface area contributed by atoms with E-state index in [-0.39, 0.29) is 10.8 Å². The highest BCUT2D eigenvalue weighted by atomic mass is 35.5. The molecule has 0 fully saturated rings. The van der Waals surface area contributed by atoms with Gasteiger partial charge in [-0.25, -0.2) is 4.98 Å². The Kier molecular flexibility index (Phi) is 2.65. The van der Waals surface area contributed by atoms with Gasteiger partial charge >= 0.3 is 0 Å². The van der Waals surface area contributed by atoms with Crippen molar-refractivity contribution in [3.63, 3.8) is 0 Å². The van der Waals surface area contributed by atoms with Crippen molar-refractivity contribution in [1.29, 1.82) is 0 Å². The Morgan fingerprint density at radius 1 is 1.11 bits per heavy atom. The molecule has 0 unspecified atom stereocenters. The van der Waals surface area contributed by atoms with Crippen LogP contribution in [0.15, 0.2) is 42.7 Å². The highest BCUT2D eigenvalue weighted by molar-refractivity contribution is 6.36. The largest absolute Gasteiger partial charge is 0.506 e. The second kappa shape index (κ2) is 4.19. The number of nitrogens with zero attached hydrogens (tertiary/aromatic N) is 2. The maximum Gasteiger partial charge on any atom is 0.137 e. The molecule has 3 rings (SSSR count). The van der Waals surface area contributed by atoms with Crippen LogP contribution in [0.25, 0.3) is 16.9 Å². The van der Waals surface area contributed by atoms with Crippen LogP contribution < -0.4 is 0 Å². The molecule has 1 aromatic carbocycles. The van der Waals surface area contributed by atoms with Gasteiger partial charge in [0.25, 0.3) is 0 Å². The molecule has 5 heteroatoms. The van der Waals surface area contributed by atoms with Gasteiger partial charge in [0.1, 0.15) is 11.4 Å². The van der Waals surface area contributed by atoms with Gasteiger partial charge in [0, 0.05) is 24.0 Å². The van der Waals surface area contributed by atoms with Gasteiger partial charge in [-0.3, -0.25) is 4.40 Å². The smallest absolute Gasteiger partial charge is 0.137 e. The standard InChI is InChI=1S/C13H8Cl2N2O/c14-9-7-12(18)10(15)6-8(9)11-2-1-3-13-16-4-5-17(11)13/h1-7,18H. The number of imidazole rings is 1. The van der Waals surface area contributed by atoms with Crippen LogP contribution in [-0.4, -0.2) is 14.5 Å². The number of phenols is 1. The Morgan fingerprint density at radius 2 is 1.94 bits per heavy atom. The Bertz CT molecular complexity index is 737. The molecule has 0 saturated heterocycles. The molecule has 0 aliphatic heterocycles. The van der Waals surface area contributed by atoms with E-state index in [2.05, 4.69) is 4.98 Å². The van der Waals surface area contributed by atoms with Crippen molar-refractivity contribution in [2.24, 2.45) is 0 Å². The zero-order chi connectivity index (χ0) is 12.7. The van der Waals surface area contributed by atoms with Crippen LogP contribution in [0, 0.1) is 0 Å². The van der Waals surface area contributed by atoms with Gasteiger partial charge in [0.2, 0.25) is 0 Å². The minimum atomic E-state index is -0.0248. The molecule has 0 bridgehead atoms. The van der Waals surface area contributed by atoms with E-state index >= 15 is 0 Å². The van der Waals surface area contributed by atoms with E-state index < -0.39 is 0 Å². The van der Waals surface area contributed by atoms with Gasteiger partial charge in [0.05, 0.1) is 15.7 Å². The van der Waals surface area contributed by atoms with Crippen molar-refractivity contribution in [3.05, 3.63) is 52.8 Å². The molecule has 18 heavy (non-hydrogen) atoms. The van der Waals surface area contributed by atoms with Crippen molar-refractivity contribution in [1.82, 2.24) is 9.38 Å². The van der Waals surface area contributed by atoms with Gasteiger partial charge in [-0.1, -0.05) is 29.3 Å². The van der Waals surface area contributed by atoms with E-state index in [0.717, 1.165) is 16.9 Å². The third kappa shape index (κ3) is 1.72. The second-order valence-corrected chi connectivity index (χ2v) is 4.66. The number of hydrogen-bond acceptors (Lipinski definition) is 2. The maximum absolute atomic E-state index is 9.51. The molecule has 3 nitrogen and oxygen atoms in total. The molecule has 1 N–H and O–H groups in total. The maximum atomic E-state index is 9.51. The first-order valence-electron chi connectivity index (χ1n) is 5.27. The molecule has 2 aromatic heterocycles. The van der Waals surface area contributed by atoms with Gasteiger partial charge in [-0.05, 0) is 18.2 Å². The molecule has 0 aliphatic carbocycles. The molecule has 90 valence electrons. The number of phenolic OH excluding ortho intramolecular Hbond substituents is 1. The normalized spacial score (nSPS) is 11.0. The summed E-state index contributed by atoms with van der Waals surface area (Å²) < 4.78 is 1.91. The summed E-state index contributed by atoms with van der Waals surface area (Å²) in [7, 11) is 0. The lowest BCUT2D eigenvalue weighted by molar-refractivity contribution is 0.475. The molecule has 2 heterocycles. The summed E-state index contributed by atoms with van der Waals surface area (Å²) in [4.78, 5) is 4.21. The summed E-state index contributed by atoms with van der Waals surface area (Å²) in [5, 5.41) is 10.2. The van der Waals surface area contributed by atoms with Crippen LogP contribution in [0.3, 0.4) is 0 Å². The average molecular weight is 279 g/mol. The number of aromatic nitrogens is 2. The van der Waals surface area contributed by atoms with Crippen LogP contribution in [-0.2, 0) is 0 Å². The number of fused-ring (bicyclic) bond motifs is 1. The highest BCUT2D eigenvalue weighted by Crippen LogP contribution is 2.36. The fourth-order valence-electron chi connectivity index (χ4n) is 1.90. The second-order valence-electron chi connectivity index (χ2n) is 3.85. The van der Waals surface area contributed by atoms with Crippen LogP contribution in [0.5, 0.6) is 5.75 Å². The highest BCUT2D eigenvalue weighted by Gasteiger charge is 2.11. The van der Waals surface area contributed by atoms with Crippen LogP contribution in [0.1, 0.15) is 0 Å². The molecule has 0 spiro atoms.